The lowest BCUT2D eigenvalue weighted by atomic mass is 9.98. The first-order valence-electron chi connectivity index (χ1n) is 8.65. The molecule has 1 heterocycles. The fraction of sp³-hybridized carbons (Fsp3) is 0.136. The number of amides is 1. The summed E-state index contributed by atoms with van der Waals surface area (Å²) in [7, 11) is 0. The number of rotatable bonds is 6. The second-order valence-electron chi connectivity index (χ2n) is 6.25. The van der Waals surface area contributed by atoms with E-state index in [1.807, 2.05) is 67.6 Å². The molecule has 1 atom stereocenters. The average Bonchev–Trinajstić information content (AvgIpc) is 2.68. The van der Waals surface area contributed by atoms with Crippen LogP contribution in [-0.4, -0.2) is 22.0 Å². The zero-order valence-corrected chi connectivity index (χ0v) is 14.9. The second-order valence-corrected chi connectivity index (χ2v) is 6.25. The molecule has 1 unspecified atom stereocenters. The number of hydrogen-bond donors (Lipinski definition) is 2. The van der Waals surface area contributed by atoms with Gasteiger partial charge in [-0.25, -0.2) is 4.98 Å². The van der Waals surface area contributed by atoms with Gasteiger partial charge in [-0.15, -0.1) is 0 Å². The molecule has 0 spiro atoms. The van der Waals surface area contributed by atoms with Gasteiger partial charge in [0.25, 0.3) is 5.91 Å². The summed E-state index contributed by atoms with van der Waals surface area (Å²) < 4.78 is 0. The van der Waals surface area contributed by atoms with Gasteiger partial charge in [-0.2, -0.15) is 0 Å². The lowest BCUT2D eigenvalue weighted by Gasteiger charge is -2.19. The third kappa shape index (κ3) is 4.58. The smallest absolute Gasteiger partial charge is 0.305 e. The first-order valence-corrected chi connectivity index (χ1v) is 8.65. The minimum atomic E-state index is -0.977. The number of pyridine rings is 1. The van der Waals surface area contributed by atoms with Crippen molar-refractivity contribution >= 4 is 11.9 Å². The van der Waals surface area contributed by atoms with Crippen molar-refractivity contribution in [3.8, 4) is 11.3 Å². The van der Waals surface area contributed by atoms with Crippen LogP contribution in [0.25, 0.3) is 11.3 Å². The lowest BCUT2D eigenvalue weighted by Crippen LogP contribution is -2.31. The molecule has 1 amide bonds. The van der Waals surface area contributed by atoms with Gasteiger partial charge >= 0.3 is 5.97 Å². The van der Waals surface area contributed by atoms with Crippen LogP contribution >= 0.6 is 0 Å². The molecule has 3 aromatic rings. The number of aliphatic carboxylic acids is 1. The number of benzene rings is 2. The van der Waals surface area contributed by atoms with Crippen molar-refractivity contribution in [1.29, 1.82) is 0 Å². The van der Waals surface area contributed by atoms with Gasteiger partial charge in [0, 0.05) is 5.56 Å². The number of nitrogens with zero attached hydrogens (tertiary/aromatic N) is 1. The topological polar surface area (TPSA) is 79.3 Å². The predicted molar refractivity (Wildman–Crippen MR) is 103 cm³/mol. The molecular formula is C22H20N2O3. The highest BCUT2D eigenvalue weighted by atomic mass is 16.4. The third-order valence-corrected chi connectivity index (χ3v) is 4.30. The normalized spacial score (nSPS) is 11.6. The Labute approximate surface area is 157 Å². The highest BCUT2D eigenvalue weighted by Crippen LogP contribution is 2.22. The number of nitrogens with one attached hydrogen (secondary N) is 1. The second kappa shape index (κ2) is 8.27. The van der Waals surface area contributed by atoms with E-state index in [4.69, 9.17) is 0 Å². The summed E-state index contributed by atoms with van der Waals surface area (Å²) in [6.45, 7) is 1.89. The van der Waals surface area contributed by atoms with Gasteiger partial charge in [-0.05, 0) is 30.2 Å². The third-order valence-electron chi connectivity index (χ3n) is 4.30. The fourth-order valence-corrected chi connectivity index (χ4v) is 2.95. The highest BCUT2D eigenvalue weighted by Gasteiger charge is 2.21. The Balaban J connectivity index is 1.86. The molecule has 0 aliphatic rings. The maximum Gasteiger partial charge on any atom is 0.305 e. The van der Waals surface area contributed by atoms with Crippen molar-refractivity contribution in [2.24, 2.45) is 0 Å². The number of carbonyl (C=O) groups excluding carboxylic acids is 1. The van der Waals surface area contributed by atoms with Gasteiger partial charge in [-0.3, -0.25) is 9.59 Å². The van der Waals surface area contributed by atoms with Crippen LogP contribution in [0.15, 0.2) is 72.8 Å². The van der Waals surface area contributed by atoms with Crippen LogP contribution in [0.3, 0.4) is 0 Å². The van der Waals surface area contributed by atoms with Crippen molar-refractivity contribution in [1.82, 2.24) is 10.3 Å². The van der Waals surface area contributed by atoms with Crippen LogP contribution in [0, 0.1) is 6.92 Å². The van der Waals surface area contributed by atoms with E-state index in [0.717, 1.165) is 16.7 Å². The summed E-state index contributed by atoms with van der Waals surface area (Å²) in [6.07, 6.45) is -0.199. The van der Waals surface area contributed by atoms with Crippen LogP contribution < -0.4 is 5.32 Å². The summed E-state index contributed by atoms with van der Waals surface area (Å²) in [4.78, 5) is 28.5. The standard InChI is InChI=1S/C22H20N2O3/c1-15-8-5-6-11-17(15)20(14-21(25)26)24-22(27)19-13-7-12-18(23-19)16-9-3-2-4-10-16/h2-13,20H,14H2,1H3,(H,24,27)(H,25,26). The van der Waals surface area contributed by atoms with E-state index >= 15 is 0 Å². The van der Waals surface area contributed by atoms with Crippen molar-refractivity contribution < 1.29 is 14.7 Å². The summed E-state index contributed by atoms with van der Waals surface area (Å²) in [6, 6.07) is 21.6. The van der Waals surface area contributed by atoms with Crippen molar-refractivity contribution in [3.05, 3.63) is 89.6 Å². The summed E-state index contributed by atoms with van der Waals surface area (Å²) in [5.41, 5.74) is 3.56. The van der Waals surface area contributed by atoms with E-state index in [1.165, 1.54) is 0 Å². The summed E-state index contributed by atoms with van der Waals surface area (Å²) in [5, 5.41) is 12.1. The van der Waals surface area contributed by atoms with E-state index in [1.54, 1.807) is 12.1 Å². The zero-order chi connectivity index (χ0) is 19.2. The molecule has 0 saturated carbocycles. The van der Waals surface area contributed by atoms with Gasteiger partial charge in [0.1, 0.15) is 5.69 Å². The number of carboxylic acid groups (broad SMARTS) is 1. The minimum absolute atomic E-state index is 0.199. The van der Waals surface area contributed by atoms with Gasteiger partial charge in [-0.1, -0.05) is 60.7 Å². The quantitative estimate of drug-likeness (QED) is 0.696. The Bertz CT molecular complexity index is 955. The van der Waals surface area contributed by atoms with Gasteiger partial charge < -0.3 is 10.4 Å². The molecule has 0 aliphatic carbocycles. The maximum absolute atomic E-state index is 12.7. The van der Waals surface area contributed by atoms with Crippen molar-refractivity contribution in [3.63, 3.8) is 0 Å². The van der Waals surface area contributed by atoms with Gasteiger partial charge in [0.2, 0.25) is 0 Å². The number of hydrogen-bond acceptors (Lipinski definition) is 3. The van der Waals surface area contributed by atoms with E-state index in [2.05, 4.69) is 10.3 Å². The van der Waals surface area contributed by atoms with Gasteiger partial charge in [0.05, 0.1) is 18.2 Å². The Morgan fingerprint density at radius 2 is 1.67 bits per heavy atom. The first-order chi connectivity index (χ1) is 13.0. The molecule has 27 heavy (non-hydrogen) atoms. The fourth-order valence-electron chi connectivity index (χ4n) is 2.95. The predicted octanol–water partition coefficient (Wildman–Crippen LogP) is 4.00. The van der Waals surface area contributed by atoms with Crippen LogP contribution in [0.1, 0.15) is 34.1 Å². The molecule has 1 aromatic heterocycles. The molecule has 2 N–H and O–H groups in total. The van der Waals surface area contributed by atoms with Crippen LogP contribution in [0.2, 0.25) is 0 Å². The number of carboxylic acids is 1. The Kier molecular flexibility index (Phi) is 5.61. The van der Waals surface area contributed by atoms with E-state index in [0.29, 0.717) is 5.69 Å². The van der Waals surface area contributed by atoms with E-state index in [9.17, 15) is 14.7 Å². The van der Waals surface area contributed by atoms with Crippen LogP contribution in [0.4, 0.5) is 0 Å². The van der Waals surface area contributed by atoms with Crippen LogP contribution in [-0.2, 0) is 4.79 Å². The molecule has 0 fully saturated rings. The highest BCUT2D eigenvalue weighted by molar-refractivity contribution is 5.93. The molecular weight excluding hydrogens is 340 g/mol. The Hall–Kier alpha value is -3.47. The molecule has 0 bridgehead atoms. The van der Waals surface area contributed by atoms with E-state index < -0.39 is 17.9 Å². The molecule has 5 nitrogen and oxygen atoms in total. The summed E-state index contributed by atoms with van der Waals surface area (Å²) in [5.74, 6) is -1.38. The molecule has 136 valence electrons. The van der Waals surface area contributed by atoms with Crippen LogP contribution in [0.5, 0.6) is 0 Å². The summed E-state index contributed by atoms with van der Waals surface area (Å²) >= 11 is 0. The molecule has 0 aliphatic heterocycles. The zero-order valence-electron chi connectivity index (χ0n) is 14.9. The molecule has 3 rings (SSSR count). The molecule has 0 radical (unpaired) electrons. The SMILES string of the molecule is Cc1ccccc1C(CC(=O)O)NC(=O)c1cccc(-c2ccccc2)n1. The Morgan fingerprint density at radius 3 is 2.37 bits per heavy atom. The maximum atomic E-state index is 12.7. The van der Waals surface area contributed by atoms with E-state index in [-0.39, 0.29) is 12.1 Å². The largest absolute Gasteiger partial charge is 0.481 e. The average molecular weight is 360 g/mol. The Morgan fingerprint density at radius 1 is 0.963 bits per heavy atom. The molecule has 5 heteroatoms. The number of aryl methyl sites for hydroxylation is 1. The number of carbonyl (C=O) groups is 2. The minimum Gasteiger partial charge on any atom is -0.481 e. The molecule has 0 saturated heterocycles. The van der Waals surface area contributed by atoms with Crippen molar-refractivity contribution in [2.45, 2.75) is 19.4 Å². The first kappa shape index (κ1) is 18.3. The number of aromatic nitrogens is 1. The van der Waals surface area contributed by atoms with Gasteiger partial charge in [0.15, 0.2) is 0 Å². The molecule has 2 aromatic carbocycles. The van der Waals surface area contributed by atoms with Crippen molar-refractivity contribution in [2.75, 3.05) is 0 Å². The monoisotopic (exact) mass is 360 g/mol. The lowest BCUT2D eigenvalue weighted by molar-refractivity contribution is -0.137.